The second kappa shape index (κ2) is 7.40. The Morgan fingerprint density at radius 1 is 0.862 bits per heavy atom. The van der Waals surface area contributed by atoms with Crippen LogP contribution in [0.4, 0.5) is 17.1 Å². The van der Waals surface area contributed by atoms with Crippen LogP contribution in [0.5, 0.6) is 5.75 Å². The van der Waals surface area contributed by atoms with Crippen molar-refractivity contribution < 1.29 is 31.0 Å². The van der Waals surface area contributed by atoms with Crippen molar-refractivity contribution in [2.24, 2.45) is 10.2 Å². The molecule has 0 aromatic heterocycles. The van der Waals surface area contributed by atoms with E-state index in [1.807, 2.05) is 0 Å². The lowest BCUT2D eigenvalue weighted by Gasteiger charge is -2.10. The first kappa shape index (κ1) is 20.7. The molecule has 0 bridgehead atoms. The smallest absolute Gasteiger partial charge is 0.296 e. The molecule has 0 fully saturated rings. The summed E-state index contributed by atoms with van der Waals surface area (Å²) in [5, 5.41) is 21.3. The number of phenols is 1. The molecule has 3 aromatic rings. The van der Waals surface area contributed by atoms with Crippen molar-refractivity contribution in [3.05, 3.63) is 48.5 Å². The number of aromatic hydroxyl groups is 1. The Kier molecular flexibility index (Phi) is 5.28. The maximum atomic E-state index is 11.8. The summed E-state index contributed by atoms with van der Waals surface area (Å²) in [6, 6.07) is 10.9. The second-order valence-corrected chi connectivity index (χ2v) is 8.66. The number of benzene rings is 3. The van der Waals surface area contributed by atoms with Gasteiger partial charge in [-0.1, -0.05) is 12.1 Å². The lowest BCUT2D eigenvalue weighted by molar-refractivity contribution is 0.472. The number of nitrogens with one attached hydrogen (secondary N) is 1. The van der Waals surface area contributed by atoms with Gasteiger partial charge in [0.1, 0.15) is 21.2 Å². The molecule has 0 amide bonds. The SMILES string of the molecule is CNc1ccc2c(O)c(N=Nc3ccccc3S(=O)(=O)O)c(S(=O)(=O)O)cc2c1. The Bertz CT molecular complexity index is 1350. The van der Waals surface area contributed by atoms with Crippen LogP contribution in [0.2, 0.25) is 0 Å². The normalized spacial score (nSPS) is 12.5. The molecule has 0 spiro atoms. The fourth-order valence-corrected chi connectivity index (χ4v) is 3.94. The van der Waals surface area contributed by atoms with E-state index in [9.17, 15) is 31.0 Å². The van der Waals surface area contributed by atoms with E-state index in [1.54, 1.807) is 19.2 Å². The molecule has 0 unspecified atom stereocenters. The summed E-state index contributed by atoms with van der Waals surface area (Å²) in [6.45, 7) is 0. The average molecular weight is 437 g/mol. The standard InChI is InChI=1S/C17H15N3O7S2/c1-18-11-6-7-12-10(8-11)9-15(29(25,26)27)16(17(12)21)20-19-13-4-2-3-5-14(13)28(22,23)24/h2-9,18,21H,1H3,(H,22,23,24)(H,25,26,27). The molecule has 0 aliphatic carbocycles. The monoisotopic (exact) mass is 437 g/mol. The van der Waals surface area contributed by atoms with E-state index in [0.717, 1.165) is 12.1 Å². The molecule has 152 valence electrons. The van der Waals surface area contributed by atoms with Crippen molar-refractivity contribution in [3.8, 4) is 5.75 Å². The predicted molar refractivity (Wildman–Crippen MR) is 105 cm³/mol. The van der Waals surface area contributed by atoms with Gasteiger partial charge in [0.05, 0.1) is 0 Å². The molecule has 3 aromatic carbocycles. The summed E-state index contributed by atoms with van der Waals surface area (Å²) in [5.41, 5.74) is -0.238. The van der Waals surface area contributed by atoms with E-state index in [0.29, 0.717) is 11.1 Å². The average Bonchev–Trinajstić information content (AvgIpc) is 2.65. The number of nitrogens with zero attached hydrogens (tertiary/aromatic N) is 2. The molecular weight excluding hydrogens is 422 g/mol. The van der Waals surface area contributed by atoms with Crippen LogP contribution in [0, 0.1) is 0 Å². The van der Waals surface area contributed by atoms with Gasteiger partial charge < -0.3 is 10.4 Å². The van der Waals surface area contributed by atoms with E-state index < -0.39 is 41.5 Å². The van der Waals surface area contributed by atoms with Gasteiger partial charge in [-0.25, -0.2) is 0 Å². The first-order chi connectivity index (χ1) is 13.5. The van der Waals surface area contributed by atoms with Crippen LogP contribution in [0.25, 0.3) is 10.8 Å². The lowest BCUT2D eigenvalue weighted by atomic mass is 10.1. The number of fused-ring (bicyclic) bond motifs is 1. The molecule has 0 aliphatic heterocycles. The van der Waals surface area contributed by atoms with E-state index in [4.69, 9.17) is 0 Å². The van der Waals surface area contributed by atoms with Crippen LogP contribution >= 0.6 is 0 Å². The van der Waals surface area contributed by atoms with Gasteiger partial charge in [0.2, 0.25) is 0 Å². The number of phenolic OH excluding ortho intramolecular Hbond substituents is 1. The summed E-state index contributed by atoms with van der Waals surface area (Å²) in [6.07, 6.45) is 0. The summed E-state index contributed by atoms with van der Waals surface area (Å²) < 4.78 is 65.4. The molecule has 0 saturated carbocycles. The Morgan fingerprint density at radius 2 is 1.52 bits per heavy atom. The van der Waals surface area contributed by atoms with E-state index in [2.05, 4.69) is 15.5 Å². The predicted octanol–water partition coefficient (Wildman–Crippen LogP) is 3.50. The number of rotatable bonds is 5. The highest BCUT2D eigenvalue weighted by atomic mass is 32.2. The second-order valence-electron chi connectivity index (χ2n) is 5.88. The Labute approximate surface area is 166 Å². The largest absolute Gasteiger partial charge is 0.505 e. The molecule has 0 saturated heterocycles. The Balaban J connectivity index is 2.27. The number of hydrogen-bond acceptors (Lipinski definition) is 8. The zero-order valence-electron chi connectivity index (χ0n) is 14.8. The first-order valence-corrected chi connectivity index (χ1v) is 10.8. The molecule has 0 aliphatic rings. The summed E-state index contributed by atoms with van der Waals surface area (Å²) >= 11 is 0. The summed E-state index contributed by atoms with van der Waals surface area (Å²) in [5.74, 6) is -0.578. The highest BCUT2D eigenvalue weighted by molar-refractivity contribution is 7.86. The minimum absolute atomic E-state index is 0.230. The van der Waals surface area contributed by atoms with Crippen molar-refractivity contribution in [2.75, 3.05) is 12.4 Å². The maximum Gasteiger partial charge on any atom is 0.296 e. The van der Waals surface area contributed by atoms with Crippen LogP contribution in [-0.4, -0.2) is 38.1 Å². The fourth-order valence-electron chi connectivity index (χ4n) is 2.66. The van der Waals surface area contributed by atoms with Crippen LogP contribution in [-0.2, 0) is 20.2 Å². The third kappa shape index (κ3) is 4.19. The molecule has 0 heterocycles. The minimum atomic E-state index is -4.81. The quantitative estimate of drug-likeness (QED) is 0.348. The highest BCUT2D eigenvalue weighted by Crippen LogP contribution is 2.42. The van der Waals surface area contributed by atoms with Crippen LogP contribution in [0.15, 0.2) is 68.6 Å². The summed E-state index contributed by atoms with van der Waals surface area (Å²) in [7, 11) is -7.78. The van der Waals surface area contributed by atoms with Crippen molar-refractivity contribution in [1.29, 1.82) is 0 Å². The molecule has 10 nitrogen and oxygen atoms in total. The van der Waals surface area contributed by atoms with Gasteiger partial charge in [-0.05, 0) is 41.8 Å². The molecule has 3 rings (SSSR count). The molecule has 4 N–H and O–H groups in total. The van der Waals surface area contributed by atoms with Crippen molar-refractivity contribution in [1.82, 2.24) is 0 Å². The zero-order chi connectivity index (χ0) is 21.4. The van der Waals surface area contributed by atoms with Crippen molar-refractivity contribution in [2.45, 2.75) is 9.79 Å². The van der Waals surface area contributed by atoms with Crippen LogP contribution < -0.4 is 5.32 Å². The fraction of sp³-hybridized carbons (Fsp3) is 0.0588. The maximum absolute atomic E-state index is 11.8. The molecule has 29 heavy (non-hydrogen) atoms. The van der Waals surface area contributed by atoms with E-state index >= 15 is 0 Å². The van der Waals surface area contributed by atoms with Gasteiger partial charge in [0.25, 0.3) is 20.2 Å². The molecule has 0 atom stereocenters. The van der Waals surface area contributed by atoms with Gasteiger partial charge in [-0.2, -0.15) is 16.8 Å². The van der Waals surface area contributed by atoms with Gasteiger partial charge in [-0.15, -0.1) is 10.2 Å². The third-order valence-electron chi connectivity index (χ3n) is 4.02. The van der Waals surface area contributed by atoms with Gasteiger partial charge in [0.15, 0.2) is 5.75 Å². The van der Waals surface area contributed by atoms with Gasteiger partial charge in [0, 0.05) is 18.1 Å². The van der Waals surface area contributed by atoms with Crippen LogP contribution in [0.3, 0.4) is 0 Å². The third-order valence-corrected chi connectivity index (χ3v) is 5.79. The molecule has 12 heteroatoms. The van der Waals surface area contributed by atoms with Gasteiger partial charge >= 0.3 is 0 Å². The lowest BCUT2D eigenvalue weighted by Crippen LogP contribution is -1.99. The highest BCUT2D eigenvalue weighted by Gasteiger charge is 2.22. The summed E-state index contributed by atoms with van der Waals surface area (Å²) in [4.78, 5) is -1.28. The molecular formula is C17H15N3O7S2. The number of azo groups is 1. The topological polar surface area (TPSA) is 166 Å². The Morgan fingerprint density at radius 3 is 2.14 bits per heavy atom. The number of anilines is 1. The van der Waals surface area contributed by atoms with E-state index in [-0.39, 0.29) is 11.1 Å². The minimum Gasteiger partial charge on any atom is -0.505 e. The zero-order valence-corrected chi connectivity index (χ0v) is 16.4. The Hall–Kier alpha value is -3.06. The van der Waals surface area contributed by atoms with E-state index in [1.165, 1.54) is 24.3 Å². The van der Waals surface area contributed by atoms with Gasteiger partial charge in [-0.3, -0.25) is 9.11 Å². The molecule has 0 radical (unpaired) electrons. The first-order valence-electron chi connectivity index (χ1n) is 7.95. The van der Waals surface area contributed by atoms with Crippen molar-refractivity contribution >= 4 is 48.1 Å². The van der Waals surface area contributed by atoms with Crippen molar-refractivity contribution in [3.63, 3.8) is 0 Å². The number of hydrogen-bond donors (Lipinski definition) is 4. The van der Waals surface area contributed by atoms with Crippen LogP contribution in [0.1, 0.15) is 0 Å².